The molecule has 24 heavy (non-hydrogen) atoms. The number of fused-ring (bicyclic) bond motifs is 1. The molecule has 1 aliphatic rings. The monoisotopic (exact) mass is 323 g/mol. The minimum absolute atomic E-state index is 0.736. The number of aryl methyl sites for hydroxylation is 1. The molecule has 0 atom stereocenters. The Morgan fingerprint density at radius 1 is 1.17 bits per heavy atom. The Bertz CT molecular complexity index is 847. The maximum absolute atomic E-state index is 5.21. The lowest BCUT2D eigenvalue weighted by molar-refractivity contribution is 0.415. The fourth-order valence-corrected chi connectivity index (χ4v) is 3.24. The molecule has 0 bridgehead atoms. The number of hydrogen-bond donors (Lipinski definition) is 1. The number of imidazole rings is 2. The lowest BCUT2D eigenvalue weighted by atomic mass is 10.1. The minimum atomic E-state index is 0.736. The van der Waals surface area contributed by atoms with E-state index in [1.807, 2.05) is 43.7 Å². The van der Waals surface area contributed by atoms with Crippen molar-refractivity contribution in [3.8, 4) is 17.0 Å². The number of anilines is 1. The molecular weight excluding hydrogens is 302 g/mol. The van der Waals surface area contributed by atoms with Gasteiger partial charge in [-0.3, -0.25) is 0 Å². The van der Waals surface area contributed by atoms with Gasteiger partial charge in [-0.2, -0.15) is 0 Å². The maximum Gasteiger partial charge on any atom is 0.203 e. The van der Waals surface area contributed by atoms with Crippen molar-refractivity contribution >= 4 is 5.95 Å². The normalized spacial score (nSPS) is 13.1. The van der Waals surface area contributed by atoms with E-state index in [9.17, 15) is 0 Å². The van der Waals surface area contributed by atoms with E-state index in [1.54, 1.807) is 7.11 Å². The first-order chi connectivity index (χ1) is 11.8. The van der Waals surface area contributed by atoms with Crippen molar-refractivity contribution < 1.29 is 4.74 Å². The molecule has 3 heterocycles. The van der Waals surface area contributed by atoms with Crippen LogP contribution in [0.2, 0.25) is 0 Å². The van der Waals surface area contributed by atoms with Gasteiger partial charge in [0.15, 0.2) is 0 Å². The molecule has 1 aromatic carbocycles. The first-order valence-electron chi connectivity index (χ1n) is 8.19. The molecule has 0 amide bonds. The van der Waals surface area contributed by atoms with Crippen LogP contribution in [-0.2, 0) is 26.6 Å². The lowest BCUT2D eigenvalue weighted by Gasteiger charge is -2.10. The number of nitrogens with zero attached hydrogens (tertiary/aromatic N) is 4. The number of nitrogens with one attached hydrogen (secondary N) is 1. The maximum atomic E-state index is 5.21. The van der Waals surface area contributed by atoms with E-state index in [4.69, 9.17) is 4.74 Å². The van der Waals surface area contributed by atoms with Gasteiger partial charge in [0.05, 0.1) is 37.4 Å². The summed E-state index contributed by atoms with van der Waals surface area (Å²) in [5, 5.41) is 3.42. The first-order valence-corrected chi connectivity index (χ1v) is 8.19. The first kappa shape index (κ1) is 14.8. The molecule has 6 heteroatoms. The van der Waals surface area contributed by atoms with E-state index in [1.165, 1.54) is 17.9 Å². The zero-order chi connectivity index (χ0) is 16.5. The second-order valence-corrected chi connectivity index (χ2v) is 6.03. The van der Waals surface area contributed by atoms with Gasteiger partial charge in [-0.15, -0.1) is 0 Å². The van der Waals surface area contributed by atoms with Gasteiger partial charge >= 0.3 is 0 Å². The van der Waals surface area contributed by atoms with Crippen molar-refractivity contribution in [3.63, 3.8) is 0 Å². The molecule has 0 aliphatic carbocycles. The summed E-state index contributed by atoms with van der Waals surface area (Å²) in [7, 11) is 3.70. The van der Waals surface area contributed by atoms with Crippen molar-refractivity contribution in [2.75, 3.05) is 12.4 Å². The summed E-state index contributed by atoms with van der Waals surface area (Å²) in [4.78, 5) is 9.00. The standard InChI is InChI=1S/C18H21N5O/c1-22-16(13-5-7-15(24-2)8-6-13)12-21-18(22)20-11-14-10-19-17-4-3-9-23(14)17/h5-8,10,12H,3-4,9,11H2,1-2H3,(H,20,21). The zero-order valence-corrected chi connectivity index (χ0v) is 14.0. The van der Waals surface area contributed by atoms with Gasteiger partial charge < -0.3 is 19.2 Å². The van der Waals surface area contributed by atoms with Gasteiger partial charge in [-0.25, -0.2) is 9.97 Å². The molecule has 6 nitrogen and oxygen atoms in total. The van der Waals surface area contributed by atoms with Gasteiger partial charge in [0, 0.05) is 25.6 Å². The number of ether oxygens (including phenoxy) is 1. The van der Waals surface area contributed by atoms with Gasteiger partial charge in [-0.1, -0.05) is 0 Å². The van der Waals surface area contributed by atoms with Crippen LogP contribution in [0.5, 0.6) is 5.75 Å². The molecule has 1 aliphatic heterocycles. The van der Waals surface area contributed by atoms with E-state index in [0.29, 0.717) is 0 Å². The highest BCUT2D eigenvalue weighted by Gasteiger charge is 2.16. The highest BCUT2D eigenvalue weighted by Crippen LogP contribution is 2.24. The fourth-order valence-electron chi connectivity index (χ4n) is 3.24. The van der Waals surface area contributed by atoms with Crippen molar-refractivity contribution in [2.24, 2.45) is 7.05 Å². The molecule has 0 radical (unpaired) electrons. The summed E-state index contributed by atoms with van der Waals surface area (Å²) < 4.78 is 9.59. The van der Waals surface area contributed by atoms with Crippen LogP contribution in [-0.4, -0.2) is 26.2 Å². The van der Waals surface area contributed by atoms with E-state index in [0.717, 1.165) is 42.5 Å². The molecular formula is C18H21N5O. The third-order valence-corrected chi connectivity index (χ3v) is 4.60. The predicted octanol–water partition coefficient (Wildman–Crippen LogP) is 2.85. The molecule has 4 rings (SSSR count). The number of rotatable bonds is 5. The summed E-state index contributed by atoms with van der Waals surface area (Å²) in [6, 6.07) is 8.02. The van der Waals surface area contributed by atoms with E-state index < -0.39 is 0 Å². The highest BCUT2D eigenvalue weighted by atomic mass is 16.5. The van der Waals surface area contributed by atoms with Crippen LogP contribution in [0, 0.1) is 0 Å². The highest BCUT2D eigenvalue weighted by molar-refractivity contribution is 5.62. The lowest BCUT2D eigenvalue weighted by Crippen LogP contribution is -2.09. The topological polar surface area (TPSA) is 56.9 Å². The van der Waals surface area contributed by atoms with Crippen LogP contribution in [0.4, 0.5) is 5.95 Å². The average molecular weight is 323 g/mol. The van der Waals surface area contributed by atoms with Crippen LogP contribution in [0.3, 0.4) is 0 Å². The third kappa shape index (κ3) is 2.54. The van der Waals surface area contributed by atoms with Crippen molar-refractivity contribution in [3.05, 3.63) is 48.2 Å². The van der Waals surface area contributed by atoms with Crippen molar-refractivity contribution in [2.45, 2.75) is 25.9 Å². The smallest absolute Gasteiger partial charge is 0.203 e. The van der Waals surface area contributed by atoms with Crippen LogP contribution in [0.1, 0.15) is 17.9 Å². The Morgan fingerprint density at radius 2 is 2.00 bits per heavy atom. The third-order valence-electron chi connectivity index (χ3n) is 4.60. The predicted molar refractivity (Wildman–Crippen MR) is 93.1 cm³/mol. The van der Waals surface area contributed by atoms with Crippen LogP contribution >= 0.6 is 0 Å². The minimum Gasteiger partial charge on any atom is -0.497 e. The molecule has 124 valence electrons. The Kier molecular flexibility index (Phi) is 3.72. The Hall–Kier alpha value is -2.76. The summed E-state index contributed by atoms with van der Waals surface area (Å²) in [5.41, 5.74) is 3.40. The molecule has 0 spiro atoms. The molecule has 0 saturated carbocycles. The largest absolute Gasteiger partial charge is 0.497 e. The van der Waals surface area contributed by atoms with Crippen LogP contribution in [0.25, 0.3) is 11.3 Å². The SMILES string of the molecule is COc1ccc(-c2cnc(NCc3cnc4n3CCC4)n2C)cc1. The zero-order valence-electron chi connectivity index (χ0n) is 14.0. The number of benzene rings is 1. The second kappa shape index (κ2) is 6.03. The molecule has 0 fully saturated rings. The summed E-state index contributed by atoms with van der Waals surface area (Å²) in [6.45, 7) is 1.81. The quantitative estimate of drug-likeness (QED) is 0.784. The van der Waals surface area contributed by atoms with Gasteiger partial charge in [0.2, 0.25) is 5.95 Å². The van der Waals surface area contributed by atoms with E-state index in [2.05, 4.69) is 24.4 Å². The Balaban J connectivity index is 1.51. The molecule has 2 aromatic heterocycles. The molecule has 0 unspecified atom stereocenters. The number of methoxy groups -OCH3 is 1. The Morgan fingerprint density at radius 3 is 2.79 bits per heavy atom. The van der Waals surface area contributed by atoms with Gasteiger partial charge in [0.25, 0.3) is 0 Å². The second-order valence-electron chi connectivity index (χ2n) is 6.03. The average Bonchev–Trinajstić information content (AvgIpc) is 3.30. The molecule has 3 aromatic rings. The van der Waals surface area contributed by atoms with Crippen LogP contribution < -0.4 is 10.1 Å². The number of aromatic nitrogens is 4. The molecule has 1 N–H and O–H groups in total. The van der Waals surface area contributed by atoms with Gasteiger partial charge in [0.1, 0.15) is 11.6 Å². The van der Waals surface area contributed by atoms with Crippen molar-refractivity contribution in [1.29, 1.82) is 0 Å². The summed E-state index contributed by atoms with van der Waals surface area (Å²) in [6.07, 6.45) is 6.14. The summed E-state index contributed by atoms with van der Waals surface area (Å²) in [5.74, 6) is 2.91. The van der Waals surface area contributed by atoms with E-state index in [-0.39, 0.29) is 0 Å². The number of hydrogen-bond acceptors (Lipinski definition) is 4. The van der Waals surface area contributed by atoms with Crippen LogP contribution in [0.15, 0.2) is 36.7 Å². The van der Waals surface area contributed by atoms with Crippen molar-refractivity contribution in [1.82, 2.24) is 19.1 Å². The Labute approximate surface area is 141 Å². The molecule has 0 saturated heterocycles. The fraction of sp³-hybridized carbons (Fsp3) is 0.333. The van der Waals surface area contributed by atoms with E-state index >= 15 is 0 Å². The van der Waals surface area contributed by atoms with Gasteiger partial charge in [-0.05, 0) is 30.7 Å². The summed E-state index contributed by atoms with van der Waals surface area (Å²) >= 11 is 0.